The van der Waals surface area contributed by atoms with E-state index in [-0.39, 0.29) is 12.0 Å². The van der Waals surface area contributed by atoms with Gasteiger partial charge in [0.05, 0.1) is 19.2 Å². The summed E-state index contributed by atoms with van der Waals surface area (Å²) >= 11 is 0. The zero-order valence-electron chi connectivity index (χ0n) is 14.1. The van der Waals surface area contributed by atoms with Crippen molar-refractivity contribution in [3.8, 4) is 11.8 Å². The van der Waals surface area contributed by atoms with Crippen molar-refractivity contribution in [2.45, 2.75) is 32.8 Å². The average molecular weight is 331 g/mol. The van der Waals surface area contributed by atoms with Crippen LogP contribution in [0, 0.1) is 13.8 Å². The molecule has 0 spiro atoms. The predicted octanol–water partition coefficient (Wildman–Crippen LogP) is 2.38. The van der Waals surface area contributed by atoms with Crippen LogP contribution in [0.25, 0.3) is 0 Å². The number of likely N-dealkylation sites (tertiary alicyclic amines) is 1. The minimum atomic E-state index is -0.0984. The molecule has 0 radical (unpaired) electrons. The molecule has 2 aromatic heterocycles. The van der Waals surface area contributed by atoms with Gasteiger partial charge in [-0.2, -0.15) is 0 Å². The summed E-state index contributed by atoms with van der Waals surface area (Å²) < 4.78 is 16.3. The van der Waals surface area contributed by atoms with Gasteiger partial charge in [-0.1, -0.05) is 0 Å². The molecular weight excluding hydrogens is 310 g/mol. The van der Waals surface area contributed by atoms with Crippen LogP contribution in [0.1, 0.15) is 34.7 Å². The lowest BCUT2D eigenvalue weighted by Gasteiger charge is -2.32. The van der Waals surface area contributed by atoms with Crippen LogP contribution >= 0.6 is 0 Å². The molecule has 7 heteroatoms. The number of hydrogen-bond donors (Lipinski definition) is 0. The van der Waals surface area contributed by atoms with Crippen LogP contribution in [0.5, 0.6) is 11.8 Å². The van der Waals surface area contributed by atoms with Gasteiger partial charge in [0, 0.05) is 18.7 Å². The summed E-state index contributed by atoms with van der Waals surface area (Å²) in [6, 6.07) is 5.21. The molecule has 1 fully saturated rings. The van der Waals surface area contributed by atoms with E-state index in [1.54, 1.807) is 18.2 Å². The maximum Gasteiger partial charge on any atom is 0.257 e. The average Bonchev–Trinajstić information content (AvgIpc) is 2.93. The minimum Gasteiger partial charge on any atom is -0.480 e. The number of nitrogens with zero attached hydrogens (tertiary/aromatic N) is 3. The standard InChI is InChI=1S/C17H21N3O4/c1-11-9-14(12(2)23-11)17(21)20-8-4-5-13(10-20)24-16-7-6-15(22-3)18-19-16/h6-7,9,13H,4-5,8,10H2,1-3H3. The topological polar surface area (TPSA) is 77.7 Å². The third kappa shape index (κ3) is 3.50. The summed E-state index contributed by atoms with van der Waals surface area (Å²) in [5.41, 5.74) is 0.623. The quantitative estimate of drug-likeness (QED) is 0.856. The lowest BCUT2D eigenvalue weighted by Crippen LogP contribution is -2.44. The van der Waals surface area contributed by atoms with Crippen molar-refractivity contribution in [1.29, 1.82) is 0 Å². The number of methoxy groups -OCH3 is 1. The summed E-state index contributed by atoms with van der Waals surface area (Å²) in [4.78, 5) is 14.5. The van der Waals surface area contributed by atoms with Crippen LogP contribution in [0.3, 0.4) is 0 Å². The Bertz CT molecular complexity index is 711. The van der Waals surface area contributed by atoms with E-state index in [4.69, 9.17) is 13.9 Å². The maximum atomic E-state index is 12.7. The molecule has 0 N–H and O–H groups in total. The Labute approximate surface area is 140 Å². The summed E-state index contributed by atoms with van der Waals surface area (Å²) in [5.74, 6) is 2.26. The molecule has 1 saturated heterocycles. The van der Waals surface area contributed by atoms with E-state index < -0.39 is 0 Å². The Morgan fingerprint density at radius 1 is 1.29 bits per heavy atom. The largest absolute Gasteiger partial charge is 0.480 e. The first-order chi connectivity index (χ1) is 11.6. The van der Waals surface area contributed by atoms with Crippen molar-refractivity contribution in [1.82, 2.24) is 15.1 Å². The number of carbonyl (C=O) groups excluding carboxylic acids is 1. The van der Waals surface area contributed by atoms with Gasteiger partial charge in [-0.05, 0) is 32.8 Å². The van der Waals surface area contributed by atoms with Gasteiger partial charge in [0.15, 0.2) is 0 Å². The molecule has 3 heterocycles. The Morgan fingerprint density at radius 3 is 2.67 bits per heavy atom. The molecule has 0 saturated carbocycles. The zero-order chi connectivity index (χ0) is 17.1. The molecule has 24 heavy (non-hydrogen) atoms. The number of hydrogen-bond acceptors (Lipinski definition) is 6. The first-order valence-corrected chi connectivity index (χ1v) is 7.97. The van der Waals surface area contributed by atoms with Crippen LogP contribution in [0.15, 0.2) is 22.6 Å². The lowest BCUT2D eigenvalue weighted by molar-refractivity contribution is 0.0523. The number of piperidine rings is 1. The number of furan rings is 1. The molecule has 1 unspecified atom stereocenters. The van der Waals surface area contributed by atoms with Crippen LogP contribution in [0.4, 0.5) is 0 Å². The van der Waals surface area contributed by atoms with Gasteiger partial charge in [0.1, 0.15) is 17.6 Å². The molecule has 128 valence electrons. The molecule has 0 aromatic carbocycles. The van der Waals surface area contributed by atoms with Crippen molar-refractivity contribution in [2.75, 3.05) is 20.2 Å². The minimum absolute atomic E-state index is 0.0153. The van der Waals surface area contributed by atoms with Gasteiger partial charge in [-0.25, -0.2) is 0 Å². The second kappa shape index (κ2) is 6.90. The molecule has 2 aromatic rings. The number of rotatable bonds is 4. The first kappa shape index (κ1) is 16.3. The summed E-state index contributed by atoms with van der Waals surface area (Å²) in [6.45, 7) is 4.90. The maximum absolute atomic E-state index is 12.7. The number of aryl methyl sites for hydroxylation is 2. The molecule has 0 aliphatic carbocycles. The van der Waals surface area contributed by atoms with Gasteiger partial charge < -0.3 is 18.8 Å². The highest BCUT2D eigenvalue weighted by atomic mass is 16.5. The van der Waals surface area contributed by atoms with E-state index in [0.29, 0.717) is 29.6 Å². The second-order valence-electron chi connectivity index (χ2n) is 5.87. The summed E-state index contributed by atoms with van der Waals surface area (Å²) in [6.07, 6.45) is 1.66. The zero-order valence-corrected chi connectivity index (χ0v) is 14.1. The number of ether oxygens (including phenoxy) is 2. The molecule has 1 aliphatic rings. The number of amides is 1. The van der Waals surface area contributed by atoms with Crippen molar-refractivity contribution in [3.63, 3.8) is 0 Å². The fourth-order valence-corrected chi connectivity index (χ4v) is 2.88. The van der Waals surface area contributed by atoms with E-state index in [1.807, 2.05) is 18.7 Å². The smallest absolute Gasteiger partial charge is 0.257 e. The Morgan fingerprint density at radius 2 is 2.04 bits per heavy atom. The van der Waals surface area contributed by atoms with Gasteiger partial charge in [-0.3, -0.25) is 4.79 Å². The molecule has 0 bridgehead atoms. The predicted molar refractivity (Wildman–Crippen MR) is 86.3 cm³/mol. The highest BCUT2D eigenvalue weighted by molar-refractivity contribution is 5.95. The highest BCUT2D eigenvalue weighted by Crippen LogP contribution is 2.21. The van der Waals surface area contributed by atoms with Gasteiger partial charge in [-0.15, -0.1) is 10.2 Å². The second-order valence-corrected chi connectivity index (χ2v) is 5.87. The van der Waals surface area contributed by atoms with Crippen LogP contribution < -0.4 is 9.47 Å². The molecule has 1 aliphatic heterocycles. The van der Waals surface area contributed by atoms with Crippen LogP contribution in [-0.2, 0) is 0 Å². The fourth-order valence-electron chi connectivity index (χ4n) is 2.88. The molecule has 7 nitrogen and oxygen atoms in total. The van der Waals surface area contributed by atoms with E-state index in [9.17, 15) is 4.79 Å². The molecule has 1 atom stereocenters. The van der Waals surface area contributed by atoms with Gasteiger partial charge >= 0.3 is 0 Å². The van der Waals surface area contributed by atoms with Crippen LogP contribution in [-0.4, -0.2) is 47.3 Å². The Hall–Kier alpha value is -2.57. The van der Waals surface area contributed by atoms with Crippen molar-refractivity contribution < 1.29 is 18.7 Å². The van der Waals surface area contributed by atoms with E-state index in [2.05, 4.69) is 10.2 Å². The normalized spacial score (nSPS) is 17.6. The van der Waals surface area contributed by atoms with Gasteiger partial charge in [0.25, 0.3) is 5.91 Å². The fraction of sp³-hybridized carbons (Fsp3) is 0.471. The molecular formula is C17H21N3O4. The Balaban J connectivity index is 1.65. The van der Waals surface area contributed by atoms with E-state index in [0.717, 1.165) is 25.1 Å². The third-order valence-electron chi connectivity index (χ3n) is 4.05. The summed E-state index contributed by atoms with van der Waals surface area (Å²) in [5, 5.41) is 7.86. The van der Waals surface area contributed by atoms with Crippen molar-refractivity contribution >= 4 is 5.91 Å². The number of carbonyl (C=O) groups is 1. The van der Waals surface area contributed by atoms with Gasteiger partial charge in [0.2, 0.25) is 11.8 Å². The third-order valence-corrected chi connectivity index (χ3v) is 4.05. The number of aromatic nitrogens is 2. The first-order valence-electron chi connectivity index (χ1n) is 7.97. The lowest BCUT2D eigenvalue weighted by atomic mass is 10.1. The van der Waals surface area contributed by atoms with E-state index >= 15 is 0 Å². The van der Waals surface area contributed by atoms with Crippen molar-refractivity contribution in [3.05, 3.63) is 35.3 Å². The SMILES string of the molecule is COc1ccc(OC2CCCN(C(=O)c3cc(C)oc3C)C2)nn1. The van der Waals surface area contributed by atoms with Crippen molar-refractivity contribution in [2.24, 2.45) is 0 Å². The monoisotopic (exact) mass is 331 g/mol. The Kier molecular flexibility index (Phi) is 4.69. The molecule has 1 amide bonds. The van der Waals surface area contributed by atoms with E-state index in [1.165, 1.54) is 7.11 Å². The van der Waals surface area contributed by atoms with Crippen LogP contribution in [0.2, 0.25) is 0 Å². The summed E-state index contributed by atoms with van der Waals surface area (Å²) in [7, 11) is 1.54. The highest BCUT2D eigenvalue weighted by Gasteiger charge is 2.28. The molecule has 3 rings (SSSR count).